The van der Waals surface area contributed by atoms with Gasteiger partial charge in [-0.2, -0.15) is 0 Å². The third-order valence-electron chi connectivity index (χ3n) is 6.04. The number of rotatable bonds is 20. The highest BCUT2D eigenvalue weighted by molar-refractivity contribution is 6.29. The molecule has 0 aromatic carbocycles. The molecular formula is C24H53NOSi. The van der Waals surface area contributed by atoms with Crippen molar-refractivity contribution in [2.45, 2.75) is 142 Å². The van der Waals surface area contributed by atoms with Gasteiger partial charge < -0.3 is 10.2 Å². The van der Waals surface area contributed by atoms with Crippen molar-refractivity contribution in [2.75, 3.05) is 7.11 Å². The molecule has 0 fully saturated rings. The summed E-state index contributed by atoms with van der Waals surface area (Å²) >= 11 is 0. The quantitative estimate of drug-likeness (QED) is 0.174. The molecule has 0 aliphatic rings. The van der Waals surface area contributed by atoms with Crippen LogP contribution < -0.4 is 5.73 Å². The predicted molar refractivity (Wildman–Crippen MR) is 126 cm³/mol. The Hall–Kier alpha value is 0.137. The van der Waals surface area contributed by atoms with Crippen LogP contribution in [0.25, 0.3) is 0 Å². The molecule has 0 saturated heterocycles. The smallest absolute Gasteiger partial charge is 0.164 e. The van der Waals surface area contributed by atoms with E-state index in [-0.39, 0.29) is 5.54 Å². The van der Waals surface area contributed by atoms with Crippen LogP contribution in [0.4, 0.5) is 0 Å². The molecule has 0 rings (SSSR count). The second-order valence-electron chi connectivity index (χ2n) is 9.61. The highest BCUT2D eigenvalue weighted by Crippen LogP contribution is 2.33. The molecule has 0 radical (unpaired) electrons. The van der Waals surface area contributed by atoms with Gasteiger partial charge in [-0.15, -0.1) is 0 Å². The summed E-state index contributed by atoms with van der Waals surface area (Å²) in [5.74, 6) is 0.773. The molecule has 0 heterocycles. The average Bonchev–Trinajstić information content (AvgIpc) is 2.61. The summed E-state index contributed by atoms with van der Waals surface area (Å²) in [7, 11) is 1.49. The first-order valence-electron chi connectivity index (χ1n) is 12.2. The van der Waals surface area contributed by atoms with Crippen molar-refractivity contribution in [3.05, 3.63) is 0 Å². The maximum absolute atomic E-state index is 6.34. The SMILES string of the molecule is CCCCCCCCCCCCCCCC(CC(C)(C)N)C(CC)[SiH2]OC. The first-order chi connectivity index (χ1) is 12.9. The second kappa shape index (κ2) is 18.2. The Labute approximate surface area is 174 Å². The van der Waals surface area contributed by atoms with Crippen molar-refractivity contribution in [1.29, 1.82) is 0 Å². The lowest BCUT2D eigenvalue weighted by Gasteiger charge is -2.31. The van der Waals surface area contributed by atoms with E-state index in [4.69, 9.17) is 10.2 Å². The molecule has 0 aromatic rings. The van der Waals surface area contributed by atoms with Crippen LogP contribution in [-0.2, 0) is 4.43 Å². The first-order valence-corrected chi connectivity index (χ1v) is 13.6. The fourth-order valence-electron chi connectivity index (χ4n) is 4.41. The summed E-state index contributed by atoms with van der Waals surface area (Å²) in [4.78, 5) is 0. The summed E-state index contributed by atoms with van der Waals surface area (Å²) in [6.45, 7) is 9.00. The van der Waals surface area contributed by atoms with E-state index in [2.05, 4.69) is 27.7 Å². The Morgan fingerprint density at radius 2 is 1.22 bits per heavy atom. The van der Waals surface area contributed by atoms with Crippen molar-refractivity contribution in [3.8, 4) is 0 Å². The van der Waals surface area contributed by atoms with Crippen LogP contribution >= 0.6 is 0 Å². The van der Waals surface area contributed by atoms with E-state index < -0.39 is 9.76 Å². The summed E-state index contributed by atoms with van der Waals surface area (Å²) < 4.78 is 5.61. The third-order valence-corrected chi connectivity index (χ3v) is 8.04. The van der Waals surface area contributed by atoms with Gasteiger partial charge in [-0.25, -0.2) is 0 Å². The van der Waals surface area contributed by atoms with E-state index >= 15 is 0 Å². The monoisotopic (exact) mass is 399 g/mol. The second-order valence-corrected chi connectivity index (χ2v) is 11.6. The number of unbranched alkanes of at least 4 members (excludes halogenated alkanes) is 12. The molecule has 27 heavy (non-hydrogen) atoms. The Balaban J connectivity index is 3.73. The van der Waals surface area contributed by atoms with Crippen molar-refractivity contribution in [3.63, 3.8) is 0 Å². The lowest BCUT2D eigenvalue weighted by molar-refractivity contribution is 0.299. The van der Waals surface area contributed by atoms with Gasteiger partial charge in [0.2, 0.25) is 0 Å². The van der Waals surface area contributed by atoms with Crippen LogP contribution in [0.2, 0.25) is 5.54 Å². The van der Waals surface area contributed by atoms with Gasteiger partial charge in [-0.05, 0) is 31.7 Å². The molecule has 0 spiro atoms. The molecule has 0 amide bonds. The topological polar surface area (TPSA) is 35.2 Å². The van der Waals surface area contributed by atoms with Gasteiger partial charge >= 0.3 is 0 Å². The molecule has 2 nitrogen and oxygen atoms in total. The average molecular weight is 400 g/mol. The molecule has 0 aliphatic heterocycles. The minimum atomic E-state index is -0.400. The van der Waals surface area contributed by atoms with Crippen molar-refractivity contribution >= 4 is 9.76 Å². The maximum Gasteiger partial charge on any atom is 0.164 e. The van der Waals surface area contributed by atoms with Gasteiger partial charge in [-0.3, -0.25) is 0 Å². The van der Waals surface area contributed by atoms with E-state index in [0.29, 0.717) is 0 Å². The van der Waals surface area contributed by atoms with Gasteiger partial charge in [0.1, 0.15) is 0 Å². The Morgan fingerprint density at radius 3 is 1.59 bits per heavy atom. The van der Waals surface area contributed by atoms with E-state index in [1.807, 2.05) is 7.11 Å². The molecular weight excluding hydrogens is 346 g/mol. The number of hydrogen-bond donors (Lipinski definition) is 1. The van der Waals surface area contributed by atoms with Crippen LogP contribution in [0, 0.1) is 5.92 Å². The standard InChI is InChI=1S/C24H53NOSi/c1-6-8-9-10-11-12-13-14-15-16-17-18-19-20-22(21-24(3,4)25)23(7-2)27-26-5/h22-23H,6-21,25,27H2,1-5H3. The molecule has 0 aliphatic carbocycles. The van der Waals surface area contributed by atoms with Crippen molar-refractivity contribution < 1.29 is 4.43 Å². The summed E-state index contributed by atoms with van der Waals surface area (Å²) in [5.41, 5.74) is 7.10. The molecule has 0 aromatic heterocycles. The number of hydrogen-bond acceptors (Lipinski definition) is 2. The Kier molecular flexibility index (Phi) is 18.3. The number of nitrogens with two attached hydrogens (primary N) is 1. The van der Waals surface area contributed by atoms with Gasteiger partial charge in [0.25, 0.3) is 0 Å². The molecule has 2 N–H and O–H groups in total. The molecule has 2 atom stereocenters. The van der Waals surface area contributed by atoms with E-state index in [9.17, 15) is 0 Å². The van der Waals surface area contributed by atoms with Crippen LogP contribution in [0.5, 0.6) is 0 Å². The normalized spacial score (nSPS) is 14.9. The third kappa shape index (κ3) is 17.9. The summed E-state index contributed by atoms with van der Waals surface area (Å²) in [6, 6.07) is 0. The molecule has 3 heteroatoms. The van der Waals surface area contributed by atoms with E-state index in [1.54, 1.807) is 0 Å². The van der Waals surface area contributed by atoms with Crippen molar-refractivity contribution in [1.82, 2.24) is 0 Å². The van der Waals surface area contributed by atoms with Crippen LogP contribution in [-0.4, -0.2) is 22.4 Å². The molecule has 164 valence electrons. The van der Waals surface area contributed by atoms with Gasteiger partial charge in [-0.1, -0.05) is 110 Å². The van der Waals surface area contributed by atoms with Crippen LogP contribution in [0.3, 0.4) is 0 Å². The van der Waals surface area contributed by atoms with Gasteiger partial charge in [0, 0.05) is 12.6 Å². The molecule has 0 bridgehead atoms. The minimum absolute atomic E-state index is 0.0449. The first kappa shape index (κ1) is 27.1. The fraction of sp³-hybridized carbons (Fsp3) is 1.00. The lowest BCUT2D eigenvalue weighted by atomic mass is 9.84. The fourth-order valence-corrected chi connectivity index (χ4v) is 5.74. The summed E-state index contributed by atoms with van der Waals surface area (Å²) in [5, 5.41) is 0. The Bertz CT molecular complexity index is 303. The van der Waals surface area contributed by atoms with Crippen molar-refractivity contribution in [2.24, 2.45) is 11.7 Å². The van der Waals surface area contributed by atoms with Crippen LogP contribution in [0.1, 0.15) is 130 Å². The zero-order chi connectivity index (χ0) is 20.4. The highest BCUT2D eigenvalue weighted by Gasteiger charge is 2.25. The van der Waals surface area contributed by atoms with Gasteiger partial charge in [0.15, 0.2) is 9.76 Å². The lowest BCUT2D eigenvalue weighted by Crippen LogP contribution is -2.36. The largest absolute Gasteiger partial charge is 0.427 e. The highest BCUT2D eigenvalue weighted by atomic mass is 28.2. The Morgan fingerprint density at radius 1 is 0.778 bits per heavy atom. The van der Waals surface area contributed by atoms with Gasteiger partial charge in [0.05, 0.1) is 0 Å². The van der Waals surface area contributed by atoms with Crippen LogP contribution in [0.15, 0.2) is 0 Å². The molecule has 2 unspecified atom stereocenters. The maximum atomic E-state index is 6.34. The van der Waals surface area contributed by atoms with E-state index in [1.165, 1.54) is 96.3 Å². The van der Waals surface area contributed by atoms with E-state index in [0.717, 1.165) is 17.9 Å². The predicted octanol–water partition coefficient (Wildman–Crippen LogP) is 7.14. The summed E-state index contributed by atoms with van der Waals surface area (Å²) in [6.07, 6.45) is 22.4. The molecule has 0 saturated carbocycles. The zero-order valence-corrected chi connectivity index (χ0v) is 21.1. The zero-order valence-electron chi connectivity index (χ0n) is 19.7. The minimum Gasteiger partial charge on any atom is -0.427 e.